The van der Waals surface area contributed by atoms with Gasteiger partial charge in [-0.1, -0.05) is 13.8 Å². The zero-order valence-electron chi connectivity index (χ0n) is 7.21. The Morgan fingerprint density at radius 1 is 0.900 bits per heavy atom. The molecule has 0 bridgehead atoms. The Balaban J connectivity index is 0.0000001000. The largest absolute Gasteiger partial charge is 0.244 e. The minimum atomic E-state index is -0.750. The lowest BCUT2D eigenvalue weighted by atomic mass is 10.2. The molecule has 0 N–H and O–H groups in total. The summed E-state index contributed by atoms with van der Waals surface area (Å²) in [6, 6.07) is 0. The molecule has 1 heteroatoms. The fourth-order valence-electron chi connectivity index (χ4n) is 0.422. The van der Waals surface area contributed by atoms with Gasteiger partial charge in [-0.15, -0.1) is 0 Å². The van der Waals surface area contributed by atoms with Gasteiger partial charge in [0.05, 0.1) is 0 Å². The first-order valence-corrected chi connectivity index (χ1v) is 4.10. The number of alkyl halides is 1. The maximum absolute atomic E-state index is 11.8. The van der Waals surface area contributed by atoms with Crippen LogP contribution in [0.5, 0.6) is 0 Å². The molecule has 0 spiro atoms. The highest BCUT2D eigenvalue weighted by Crippen LogP contribution is 2.43. The summed E-state index contributed by atoms with van der Waals surface area (Å²) in [5, 5.41) is 0. The van der Waals surface area contributed by atoms with Crippen LogP contribution in [-0.4, -0.2) is 5.67 Å². The van der Waals surface area contributed by atoms with Crippen molar-refractivity contribution in [1.82, 2.24) is 0 Å². The van der Waals surface area contributed by atoms with E-state index in [4.69, 9.17) is 0 Å². The van der Waals surface area contributed by atoms with Gasteiger partial charge in [0.2, 0.25) is 0 Å². The molecule has 0 aromatic rings. The van der Waals surface area contributed by atoms with Crippen LogP contribution >= 0.6 is 0 Å². The van der Waals surface area contributed by atoms with E-state index in [1.807, 2.05) is 0 Å². The molecule has 0 aromatic carbocycles. The van der Waals surface area contributed by atoms with Crippen molar-refractivity contribution in [3.63, 3.8) is 0 Å². The van der Waals surface area contributed by atoms with Crippen LogP contribution < -0.4 is 0 Å². The highest BCUT2D eigenvalue weighted by molar-refractivity contribution is 4.88. The van der Waals surface area contributed by atoms with Crippen LogP contribution in [0.2, 0.25) is 0 Å². The summed E-state index contributed by atoms with van der Waals surface area (Å²) >= 11 is 0. The highest BCUT2D eigenvalue weighted by atomic mass is 19.1. The van der Waals surface area contributed by atoms with Crippen LogP contribution in [0.25, 0.3) is 0 Å². The molecular weight excluding hydrogens is 127 g/mol. The molecule has 0 nitrogen and oxygen atoms in total. The van der Waals surface area contributed by atoms with E-state index >= 15 is 0 Å². The Bertz CT molecular complexity index is 96.7. The van der Waals surface area contributed by atoms with Gasteiger partial charge in [-0.2, -0.15) is 0 Å². The van der Waals surface area contributed by atoms with Gasteiger partial charge < -0.3 is 0 Å². The second kappa shape index (κ2) is 2.21. The van der Waals surface area contributed by atoms with Crippen molar-refractivity contribution < 1.29 is 4.39 Å². The smallest absolute Gasteiger partial charge is 0.108 e. The lowest BCUT2D eigenvalue weighted by Gasteiger charge is -1.86. The Kier molecular flexibility index (Phi) is 1.78. The maximum Gasteiger partial charge on any atom is 0.108 e. The van der Waals surface area contributed by atoms with Crippen molar-refractivity contribution in [2.75, 3.05) is 0 Å². The molecule has 0 amide bonds. The first-order valence-electron chi connectivity index (χ1n) is 4.10. The summed E-state index contributed by atoms with van der Waals surface area (Å²) in [5.74, 6) is 0. The van der Waals surface area contributed by atoms with Crippen LogP contribution in [0.4, 0.5) is 4.39 Å². The van der Waals surface area contributed by atoms with Gasteiger partial charge in [-0.25, -0.2) is 4.39 Å². The van der Waals surface area contributed by atoms with Gasteiger partial charge in [-0.05, 0) is 38.0 Å². The molecule has 2 rings (SSSR count). The van der Waals surface area contributed by atoms with Crippen LogP contribution in [0.15, 0.2) is 0 Å². The summed E-state index contributed by atoms with van der Waals surface area (Å²) < 4.78 is 11.8. The number of rotatable bonds is 0. The van der Waals surface area contributed by atoms with Crippen LogP contribution in [0.1, 0.15) is 46.5 Å². The van der Waals surface area contributed by atoms with E-state index < -0.39 is 5.67 Å². The fraction of sp³-hybridized carbons (Fsp3) is 1.00. The van der Waals surface area contributed by atoms with E-state index in [9.17, 15) is 4.39 Å². The zero-order valence-corrected chi connectivity index (χ0v) is 7.21. The Morgan fingerprint density at radius 3 is 1.10 bits per heavy atom. The predicted molar refractivity (Wildman–Crippen MR) is 41.8 cm³/mol. The van der Waals surface area contributed by atoms with Gasteiger partial charge in [0, 0.05) is 0 Å². The molecule has 0 atom stereocenters. The molecule has 2 fully saturated rings. The number of halogens is 1. The summed E-state index contributed by atoms with van der Waals surface area (Å²) in [5.41, 5.74) is 0. The van der Waals surface area contributed by atoms with E-state index in [1.165, 1.54) is 12.8 Å². The molecule has 60 valence electrons. The Morgan fingerprint density at radius 2 is 1.10 bits per heavy atom. The van der Waals surface area contributed by atoms with Gasteiger partial charge >= 0.3 is 0 Å². The molecule has 2 aliphatic rings. The van der Waals surface area contributed by atoms with E-state index in [0.717, 1.165) is 18.3 Å². The summed E-state index contributed by atoms with van der Waals surface area (Å²) in [6.45, 7) is 6.23. The van der Waals surface area contributed by atoms with Crippen molar-refractivity contribution in [1.29, 1.82) is 0 Å². The molecule has 10 heavy (non-hydrogen) atoms. The lowest BCUT2D eigenvalue weighted by molar-refractivity contribution is 0.339. The highest BCUT2D eigenvalue weighted by Gasteiger charge is 2.36. The van der Waals surface area contributed by atoms with Gasteiger partial charge in [-0.3, -0.25) is 0 Å². The number of hydrogen-bond donors (Lipinski definition) is 0. The SMILES string of the molecule is CC1(C)CC1.CC1(F)CC1. The fourth-order valence-corrected chi connectivity index (χ4v) is 0.422. The molecule has 0 aromatic heterocycles. The molecule has 0 saturated heterocycles. The van der Waals surface area contributed by atoms with Crippen molar-refractivity contribution in [3.8, 4) is 0 Å². The molecule has 0 radical (unpaired) electrons. The molecule has 0 unspecified atom stereocenters. The summed E-state index contributed by atoms with van der Waals surface area (Å²) in [6.07, 6.45) is 4.47. The third-order valence-corrected chi connectivity index (χ3v) is 2.19. The van der Waals surface area contributed by atoms with Crippen molar-refractivity contribution in [2.45, 2.75) is 52.1 Å². The van der Waals surface area contributed by atoms with Gasteiger partial charge in [0.15, 0.2) is 0 Å². The van der Waals surface area contributed by atoms with Crippen LogP contribution in [0, 0.1) is 5.41 Å². The average molecular weight is 144 g/mol. The molecule has 0 heterocycles. The normalized spacial score (nSPS) is 30.0. The average Bonchev–Trinajstić information content (AvgIpc) is 2.56. The third kappa shape index (κ3) is 3.86. The third-order valence-electron chi connectivity index (χ3n) is 2.19. The van der Waals surface area contributed by atoms with Gasteiger partial charge in [0.1, 0.15) is 5.67 Å². The Hall–Kier alpha value is -0.0700. The number of hydrogen-bond acceptors (Lipinski definition) is 0. The lowest BCUT2D eigenvalue weighted by Crippen LogP contribution is -1.83. The standard InChI is InChI=1S/C5H10.C4H7F/c1-5(2)3-4-5;1-4(5)2-3-4/h3-4H2,1-2H3;2-3H2,1H3. The maximum atomic E-state index is 11.8. The topological polar surface area (TPSA) is 0 Å². The van der Waals surface area contributed by atoms with Crippen LogP contribution in [0.3, 0.4) is 0 Å². The van der Waals surface area contributed by atoms with E-state index in [-0.39, 0.29) is 0 Å². The Labute approximate surface area is 62.8 Å². The minimum Gasteiger partial charge on any atom is -0.244 e. The first kappa shape index (κ1) is 8.03. The monoisotopic (exact) mass is 144 g/mol. The van der Waals surface area contributed by atoms with Gasteiger partial charge in [0.25, 0.3) is 0 Å². The molecule has 2 aliphatic carbocycles. The van der Waals surface area contributed by atoms with Crippen molar-refractivity contribution in [3.05, 3.63) is 0 Å². The van der Waals surface area contributed by atoms with Crippen molar-refractivity contribution in [2.24, 2.45) is 5.41 Å². The first-order chi connectivity index (χ1) is 4.41. The second-order valence-corrected chi connectivity index (χ2v) is 4.58. The van der Waals surface area contributed by atoms with E-state index in [1.54, 1.807) is 6.92 Å². The second-order valence-electron chi connectivity index (χ2n) is 4.58. The quantitative estimate of drug-likeness (QED) is 0.489. The zero-order chi connectivity index (χ0) is 7.83. The predicted octanol–water partition coefficient (Wildman–Crippen LogP) is 3.31. The molecule has 2 saturated carbocycles. The van der Waals surface area contributed by atoms with E-state index in [0.29, 0.717) is 0 Å². The van der Waals surface area contributed by atoms with Crippen molar-refractivity contribution >= 4 is 0 Å². The summed E-state index contributed by atoms with van der Waals surface area (Å²) in [7, 11) is 0. The molecule has 0 aliphatic heterocycles. The minimum absolute atomic E-state index is 0.750. The summed E-state index contributed by atoms with van der Waals surface area (Å²) in [4.78, 5) is 0. The van der Waals surface area contributed by atoms with Crippen LogP contribution in [-0.2, 0) is 0 Å². The molecular formula is C9H17F. The van der Waals surface area contributed by atoms with E-state index in [2.05, 4.69) is 13.8 Å².